The van der Waals surface area contributed by atoms with Crippen molar-refractivity contribution in [3.63, 3.8) is 0 Å². The van der Waals surface area contributed by atoms with E-state index in [4.69, 9.17) is 15.2 Å². The molecule has 1 aliphatic heterocycles. The van der Waals surface area contributed by atoms with Gasteiger partial charge >= 0.3 is 5.97 Å². The van der Waals surface area contributed by atoms with Crippen molar-refractivity contribution in [1.82, 2.24) is 4.90 Å². The Kier molecular flexibility index (Phi) is 5.92. The number of rotatable bonds is 6. The predicted molar refractivity (Wildman–Crippen MR) is 85.6 cm³/mol. The van der Waals surface area contributed by atoms with Crippen LogP contribution in [-0.2, 0) is 30.5 Å². The number of esters is 1. The van der Waals surface area contributed by atoms with Gasteiger partial charge in [-0.2, -0.15) is 0 Å². The molecule has 7 heteroatoms. The van der Waals surface area contributed by atoms with E-state index in [1.807, 2.05) is 30.3 Å². The third kappa shape index (κ3) is 4.55. The van der Waals surface area contributed by atoms with E-state index in [-0.39, 0.29) is 25.5 Å². The molecule has 1 aliphatic rings. The van der Waals surface area contributed by atoms with Crippen LogP contribution in [0.3, 0.4) is 0 Å². The molecule has 0 saturated carbocycles. The van der Waals surface area contributed by atoms with Gasteiger partial charge in [0.2, 0.25) is 11.8 Å². The van der Waals surface area contributed by atoms with E-state index in [0.717, 1.165) is 5.56 Å². The highest BCUT2D eigenvalue weighted by Crippen LogP contribution is 2.27. The summed E-state index contributed by atoms with van der Waals surface area (Å²) in [5.41, 5.74) is 6.25. The van der Waals surface area contributed by atoms with Crippen molar-refractivity contribution in [3.05, 3.63) is 35.9 Å². The second kappa shape index (κ2) is 7.92. The summed E-state index contributed by atoms with van der Waals surface area (Å²) in [5, 5.41) is 0. The van der Waals surface area contributed by atoms with Crippen molar-refractivity contribution < 1.29 is 23.9 Å². The van der Waals surface area contributed by atoms with Crippen LogP contribution in [0.5, 0.6) is 0 Å². The molecule has 1 heterocycles. The maximum absolute atomic E-state index is 11.9. The second-order valence-electron chi connectivity index (χ2n) is 5.82. The maximum Gasteiger partial charge on any atom is 0.303 e. The lowest BCUT2D eigenvalue weighted by molar-refractivity contribution is -0.152. The second-order valence-corrected chi connectivity index (χ2v) is 5.82. The maximum atomic E-state index is 11.9. The lowest BCUT2D eigenvalue weighted by Gasteiger charge is -2.26. The molecule has 1 aromatic carbocycles. The summed E-state index contributed by atoms with van der Waals surface area (Å²) in [6.45, 7) is 3.17. The molecule has 24 heavy (non-hydrogen) atoms. The summed E-state index contributed by atoms with van der Waals surface area (Å²) in [6.07, 6.45) is -1.28. The van der Waals surface area contributed by atoms with Crippen LogP contribution >= 0.6 is 0 Å². The van der Waals surface area contributed by atoms with Gasteiger partial charge in [0.1, 0.15) is 12.2 Å². The molecular weight excluding hydrogens is 312 g/mol. The van der Waals surface area contributed by atoms with E-state index in [2.05, 4.69) is 0 Å². The Bertz CT molecular complexity index is 604. The topological polar surface area (TPSA) is 98.9 Å². The molecule has 1 aromatic rings. The van der Waals surface area contributed by atoms with E-state index in [0.29, 0.717) is 0 Å². The number of primary amides is 1. The summed E-state index contributed by atoms with van der Waals surface area (Å²) in [6, 6.07) is 8.93. The first-order valence-corrected chi connectivity index (χ1v) is 7.76. The smallest absolute Gasteiger partial charge is 0.303 e. The Hall–Kier alpha value is -2.41. The summed E-state index contributed by atoms with van der Waals surface area (Å²) < 4.78 is 11.2. The minimum Gasteiger partial charge on any atom is -0.458 e. The average Bonchev–Trinajstić information content (AvgIpc) is 2.82. The van der Waals surface area contributed by atoms with E-state index >= 15 is 0 Å². The van der Waals surface area contributed by atoms with Crippen LogP contribution < -0.4 is 5.73 Å². The number of likely N-dealkylation sites (tertiary alicyclic amines) is 1. The zero-order valence-electron chi connectivity index (χ0n) is 13.8. The largest absolute Gasteiger partial charge is 0.458 e. The summed E-state index contributed by atoms with van der Waals surface area (Å²) in [7, 11) is 0. The number of amides is 2. The first kappa shape index (κ1) is 17.9. The molecule has 1 saturated heterocycles. The van der Waals surface area contributed by atoms with Gasteiger partial charge in [0.05, 0.1) is 19.2 Å². The standard InChI is InChI=1S/C17H22N2O5/c1-11(20)19-9-15(24-12(2)21)17(14(19)8-16(18)22)23-10-13-6-4-3-5-7-13/h3-7,14-15,17H,8-10H2,1-2H3,(H2,18,22)/t14-,15+,17-/m0/s1. The van der Waals surface area contributed by atoms with E-state index in [1.165, 1.54) is 18.7 Å². The highest BCUT2D eigenvalue weighted by molar-refractivity contribution is 5.78. The van der Waals surface area contributed by atoms with Crippen LogP contribution in [0, 0.1) is 0 Å². The summed E-state index contributed by atoms with van der Waals surface area (Å²) in [4.78, 5) is 36.1. The molecule has 3 atom stereocenters. The van der Waals surface area contributed by atoms with Gasteiger partial charge in [-0.05, 0) is 5.56 Å². The molecule has 0 unspecified atom stereocenters. The molecule has 2 rings (SSSR count). The van der Waals surface area contributed by atoms with E-state index < -0.39 is 30.1 Å². The SMILES string of the molecule is CC(=O)O[C@@H]1CN(C(C)=O)[C@@H](CC(N)=O)[C@@H]1OCc1ccccc1. The lowest BCUT2D eigenvalue weighted by Crippen LogP contribution is -2.42. The first-order valence-electron chi connectivity index (χ1n) is 7.76. The monoisotopic (exact) mass is 334 g/mol. The minimum absolute atomic E-state index is 0.0448. The fourth-order valence-corrected chi connectivity index (χ4v) is 2.96. The van der Waals surface area contributed by atoms with Crippen LogP contribution in [0.15, 0.2) is 30.3 Å². The van der Waals surface area contributed by atoms with Gasteiger partial charge in [-0.15, -0.1) is 0 Å². The molecular formula is C17H22N2O5. The lowest BCUT2D eigenvalue weighted by atomic mass is 10.1. The Morgan fingerprint density at radius 2 is 1.88 bits per heavy atom. The number of carbonyl (C=O) groups excluding carboxylic acids is 3. The molecule has 2 amide bonds. The fraction of sp³-hybridized carbons (Fsp3) is 0.471. The van der Waals surface area contributed by atoms with Crippen molar-refractivity contribution in [1.29, 1.82) is 0 Å². The van der Waals surface area contributed by atoms with Crippen molar-refractivity contribution in [2.45, 2.75) is 45.1 Å². The number of nitrogens with zero attached hydrogens (tertiary/aromatic N) is 1. The molecule has 0 bridgehead atoms. The van der Waals surface area contributed by atoms with E-state index in [9.17, 15) is 14.4 Å². The zero-order chi connectivity index (χ0) is 17.7. The summed E-state index contributed by atoms with van der Waals surface area (Å²) >= 11 is 0. The highest BCUT2D eigenvalue weighted by atomic mass is 16.6. The number of hydrogen-bond donors (Lipinski definition) is 1. The van der Waals surface area contributed by atoms with Gasteiger partial charge in [-0.1, -0.05) is 30.3 Å². The average molecular weight is 334 g/mol. The van der Waals surface area contributed by atoms with Gasteiger partial charge < -0.3 is 20.1 Å². The molecule has 0 aliphatic carbocycles. The molecule has 0 spiro atoms. The first-order chi connectivity index (χ1) is 11.4. The number of carbonyl (C=O) groups is 3. The van der Waals surface area contributed by atoms with Crippen molar-refractivity contribution in [2.24, 2.45) is 5.73 Å². The van der Waals surface area contributed by atoms with Crippen LogP contribution in [0.2, 0.25) is 0 Å². The Balaban J connectivity index is 2.18. The van der Waals surface area contributed by atoms with Crippen molar-refractivity contribution >= 4 is 17.8 Å². The van der Waals surface area contributed by atoms with E-state index in [1.54, 1.807) is 0 Å². The third-order valence-electron chi connectivity index (χ3n) is 3.94. The highest BCUT2D eigenvalue weighted by Gasteiger charge is 2.46. The molecule has 0 radical (unpaired) electrons. The molecule has 130 valence electrons. The van der Waals surface area contributed by atoms with Gasteiger partial charge in [-0.3, -0.25) is 14.4 Å². The van der Waals surface area contributed by atoms with Crippen molar-refractivity contribution in [2.75, 3.05) is 6.54 Å². The van der Waals surface area contributed by atoms with Crippen LogP contribution in [-0.4, -0.2) is 47.5 Å². The molecule has 0 aromatic heterocycles. The quantitative estimate of drug-likeness (QED) is 0.769. The molecule has 1 fully saturated rings. The van der Waals surface area contributed by atoms with Gasteiger partial charge in [0, 0.05) is 20.3 Å². The summed E-state index contributed by atoms with van der Waals surface area (Å²) in [5.74, 6) is -1.22. The van der Waals surface area contributed by atoms with Gasteiger partial charge in [0.15, 0.2) is 0 Å². The fourth-order valence-electron chi connectivity index (χ4n) is 2.96. The predicted octanol–water partition coefficient (Wildman–Crippen LogP) is 0.610. The number of ether oxygens (including phenoxy) is 2. The molecule has 2 N–H and O–H groups in total. The van der Waals surface area contributed by atoms with Gasteiger partial charge in [0.25, 0.3) is 0 Å². The van der Waals surface area contributed by atoms with Crippen molar-refractivity contribution in [3.8, 4) is 0 Å². The Morgan fingerprint density at radius 3 is 2.42 bits per heavy atom. The Morgan fingerprint density at radius 1 is 1.21 bits per heavy atom. The zero-order valence-corrected chi connectivity index (χ0v) is 13.8. The number of nitrogens with two attached hydrogens (primary N) is 1. The Labute approximate surface area is 140 Å². The van der Waals surface area contributed by atoms with Crippen LogP contribution in [0.4, 0.5) is 0 Å². The van der Waals surface area contributed by atoms with Crippen LogP contribution in [0.25, 0.3) is 0 Å². The van der Waals surface area contributed by atoms with Gasteiger partial charge in [-0.25, -0.2) is 0 Å². The molecule has 7 nitrogen and oxygen atoms in total. The normalized spacial score (nSPS) is 23.1. The minimum atomic E-state index is -0.625. The third-order valence-corrected chi connectivity index (χ3v) is 3.94. The number of hydrogen-bond acceptors (Lipinski definition) is 5. The van der Waals surface area contributed by atoms with Crippen LogP contribution in [0.1, 0.15) is 25.8 Å². The number of benzene rings is 1.